The standard InChI is InChI=1S/C30H25F2NO3/c31-26-5-1-3-22(18-26)23-13-14-28(24-4-2-6-27(32)19-24)25(17-23)12-9-20-7-10-21(11-8-20)30(36)33-16-15-29(34)35/h1-8,10-11,13-14,17-19H,9,12,15-16H2,(H,33,36)(H,34,35). The molecule has 0 unspecified atom stereocenters. The van der Waals surface area contributed by atoms with E-state index >= 15 is 0 Å². The molecule has 0 aromatic heterocycles. The van der Waals surface area contributed by atoms with Gasteiger partial charge in [0.1, 0.15) is 11.6 Å². The zero-order valence-electron chi connectivity index (χ0n) is 19.5. The average Bonchev–Trinajstić information content (AvgIpc) is 2.87. The average molecular weight is 486 g/mol. The lowest BCUT2D eigenvalue weighted by Crippen LogP contribution is -2.25. The summed E-state index contributed by atoms with van der Waals surface area (Å²) in [6, 6.07) is 25.9. The highest BCUT2D eigenvalue weighted by Gasteiger charge is 2.11. The number of amides is 1. The van der Waals surface area contributed by atoms with Crippen LogP contribution < -0.4 is 5.32 Å². The molecule has 4 rings (SSSR count). The molecule has 0 fully saturated rings. The third kappa shape index (κ3) is 6.42. The van der Waals surface area contributed by atoms with Gasteiger partial charge in [-0.05, 0) is 82.6 Å². The summed E-state index contributed by atoms with van der Waals surface area (Å²) in [6.07, 6.45) is 1.20. The Labute approximate surface area is 208 Å². The highest BCUT2D eigenvalue weighted by molar-refractivity contribution is 5.94. The van der Waals surface area contributed by atoms with Crippen molar-refractivity contribution in [2.75, 3.05) is 6.54 Å². The molecule has 0 saturated heterocycles. The zero-order chi connectivity index (χ0) is 25.5. The Morgan fingerprint density at radius 2 is 1.36 bits per heavy atom. The molecule has 0 atom stereocenters. The van der Waals surface area contributed by atoms with E-state index in [-0.39, 0.29) is 30.5 Å². The highest BCUT2D eigenvalue weighted by atomic mass is 19.1. The monoisotopic (exact) mass is 485 g/mol. The van der Waals surface area contributed by atoms with Crippen LogP contribution in [0.1, 0.15) is 27.9 Å². The molecular formula is C30H25F2NO3. The van der Waals surface area contributed by atoms with Gasteiger partial charge in [-0.1, -0.05) is 54.6 Å². The molecule has 4 aromatic carbocycles. The number of nitrogens with one attached hydrogen (secondary N) is 1. The van der Waals surface area contributed by atoms with Crippen molar-refractivity contribution in [1.29, 1.82) is 0 Å². The van der Waals surface area contributed by atoms with Crippen molar-refractivity contribution in [3.05, 3.63) is 119 Å². The number of aliphatic carboxylic acids is 1. The molecule has 4 aromatic rings. The molecule has 6 heteroatoms. The zero-order valence-corrected chi connectivity index (χ0v) is 19.5. The maximum Gasteiger partial charge on any atom is 0.305 e. The minimum atomic E-state index is -0.968. The second-order valence-corrected chi connectivity index (χ2v) is 8.49. The van der Waals surface area contributed by atoms with Gasteiger partial charge in [0.25, 0.3) is 5.91 Å². The molecule has 0 radical (unpaired) electrons. The second-order valence-electron chi connectivity index (χ2n) is 8.49. The van der Waals surface area contributed by atoms with Gasteiger partial charge in [-0.25, -0.2) is 8.78 Å². The summed E-state index contributed by atoms with van der Waals surface area (Å²) in [7, 11) is 0. The summed E-state index contributed by atoms with van der Waals surface area (Å²) in [6.45, 7) is 0.0699. The molecule has 182 valence electrons. The Balaban J connectivity index is 1.55. The molecule has 0 aliphatic heterocycles. The third-order valence-electron chi connectivity index (χ3n) is 5.92. The Bertz CT molecular complexity index is 1380. The smallest absolute Gasteiger partial charge is 0.305 e. The fourth-order valence-corrected chi connectivity index (χ4v) is 4.07. The van der Waals surface area contributed by atoms with Gasteiger partial charge >= 0.3 is 5.97 Å². The van der Waals surface area contributed by atoms with E-state index in [0.29, 0.717) is 18.4 Å². The van der Waals surface area contributed by atoms with Crippen molar-refractivity contribution in [3.63, 3.8) is 0 Å². The number of benzene rings is 4. The van der Waals surface area contributed by atoms with Crippen LogP contribution in [0.15, 0.2) is 91.0 Å². The van der Waals surface area contributed by atoms with Gasteiger partial charge in [0.05, 0.1) is 6.42 Å². The fraction of sp³-hybridized carbons (Fsp3) is 0.133. The van der Waals surface area contributed by atoms with E-state index in [2.05, 4.69) is 5.32 Å². The number of carbonyl (C=O) groups is 2. The first kappa shape index (κ1) is 24.8. The first-order valence-corrected chi connectivity index (χ1v) is 11.6. The predicted molar refractivity (Wildman–Crippen MR) is 136 cm³/mol. The summed E-state index contributed by atoms with van der Waals surface area (Å²) >= 11 is 0. The number of aryl methyl sites for hydroxylation is 2. The van der Waals surface area contributed by atoms with E-state index in [0.717, 1.165) is 33.4 Å². The minimum absolute atomic E-state index is 0.0699. The van der Waals surface area contributed by atoms with E-state index in [9.17, 15) is 18.4 Å². The molecule has 0 spiro atoms. The Morgan fingerprint density at radius 1 is 0.722 bits per heavy atom. The molecule has 4 nitrogen and oxygen atoms in total. The number of carboxylic acid groups (broad SMARTS) is 1. The van der Waals surface area contributed by atoms with Gasteiger partial charge in [-0.2, -0.15) is 0 Å². The molecule has 0 bridgehead atoms. The van der Waals surface area contributed by atoms with Gasteiger partial charge < -0.3 is 10.4 Å². The summed E-state index contributed by atoms with van der Waals surface area (Å²) < 4.78 is 27.7. The van der Waals surface area contributed by atoms with Crippen LogP contribution in [-0.2, 0) is 17.6 Å². The topological polar surface area (TPSA) is 66.4 Å². The van der Waals surface area contributed by atoms with Gasteiger partial charge in [-0.15, -0.1) is 0 Å². The largest absolute Gasteiger partial charge is 0.481 e. The number of carboxylic acids is 1. The van der Waals surface area contributed by atoms with Crippen molar-refractivity contribution in [2.45, 2.75) is 19.3 Å². The SMILES string of the molecule is O=C(O)CCNC(=O)c1ccc(CCc2cc(-c3cccc(F)c3)ccc2-c2cccc(F)c2)cc1. The first-order valence-electron chi connectivity index (χ1n) is 11.6. The minimum Gasteiger partial charge on any atom is -0.481 e. The van der Waals surface area contributed by atoms with Gasteiger partial charge in [0.15, 0.2) is 0 Å². The van der Waals surface area contributed by atoms with Gasteiger partial charge in [0.2, 0.25) is 0 Å². The quantitative estimate of drug-likeness (QED) is 0.293. The van der Waals surface area contributed by atoms with Crippen LogP contribution >= 0.6 is 0 Å². The molecule has 0 aliphatic carbocycles. The summed E-state index contributed by atoms with van der Waals surface area (Å²) in [4.78, 5) is 22.8. The van der Waals surface area contributed by atoms with Crippen molar-refractivity contribution >= 4 is 11.9 Å². The number of hydrogen-bond donors (Lipinski definition) is 2. The normalized spacial score (nSPS) is 10.7. The summed E-state index contributed by atoms with van der Waals surface area (Å²) in [5, 5.41) is 11.3. The van der Waals surface area contributed by atoms with Crippen molar-refractivity contribution < 1.29 is 23.5 Å². The lowest BCUT2D eigenvalue weighted by molar-refractivity contribution is -0.136. The molecule has 0 aliphatic rings. The van der Waals surface area contributed by atoms with Crippen LogP contribution in [0.2, 0.25) is 0 Å². The van der Waals surface area contributed by atoms with Crippen LogP contribution in [0.5, 0.6) is 0 Å². The van der Waals surface area contributed by atoms with Gasteiger partial charge in [0, 0.05) is 12.1 Å². The number of carbonyl (C=O) groups excluding carboxylic acids is 1. The molecule has 36 heavy (non-hydrogen) atoms. The van der Waals surface area contributed by atoms with Crippen LogP contribution in [-0.4, -0.2) is 23.5 Å². The van der Waals surface area contributed by atoms with E-state index in [1.165, 1.54) is 24.3 Å². The third-order valence-corrected chi connectivity index (χ3v) is 5.92. The molecule has 0 saturated carbocycles. The maximum atomic E-state index is 13.9. The number of rotatable bonds is 9. The van der Waals surface area contributed by atoms with Crippen molar-refractivity contribution in [2.24, 2.45) is 0 Å². The van der Waals surface area contributed by atoms with E-state index in [4.69, 9.17) is 5.11 Å². The summed E-state index contributed by atoms with van der Waals surface area (Å²) in [5.41, 5.74) is 5.78. The van der Waals surface area contributed by atoms with Gasteiger partial charge in [-0.3, -0.25) is 9.59 Å². The van der Waals surface area contributed by atoms with E-state index in [1.54, 1.807) is 24.3 Å². The fourth-order valence-electron chi connectivity index (χ4n) is 4.07. The Hall–Kier alpha value is -4.32. The highest BCUT2D eigenvalue weighted by Crippen LogP contribution is 2.31. The maximum absolute atomic E-state index is 13.9. The molecular weight excluding hydrogens is 460 g/mol. The number of halogens is 2. The van der Waals surface area contributed by atoms with E-state index < -0.39 is 5.97 Å². The first-order chi connectivity index (χ1) is 17.4. The lowest BCUT2D eigenvalue weighted by Gasteiger charge is -2.13. The van der Waals surface area contributed by atoms with E-state index in [1.807, 2.05) is 42.5 Å². The predicted octanol–water partition coefficient (Wildman–Crippen LogP) is 6.29. The molecule has 1 amide bonds. The lowest BCUT2D eigenvalue weighted by atomic mass is 9.91. The summed E-state index contributed by atoms with van der Waals surface area (Å²) in [5.74, 6) is -1.91. The van der Waals surface area contributed by atoms with Crippen LogP contribution in [0, 0.1) is 11.6 Å². The van der Waals surface area contributed by atoms with Crippen molar-refractivity contribution in [3.8, 4) is 22.3 Å². The Morgan fingerprint density at radius 3 is 2.03 bits per heavy atom. The molecule has 0 heterocycles. The Kier molecular flexibility index (Phi) is 7.85. The van der Waals surface area contributed by atoms with Crippen LogP contribution in [0.25, 0.3) is 22.3 Å². The second kappa shape index (κ2) is 11.4. The van der Waals surface area contributed by atoms with Crippen LogP contribution in [0.4, 0.5) is 8.78 Å². The molecule has 2 N–H and O–H groups in total. The van der Waals surface area contributed by atoms with Crippen LogP contribution in [0.3, 0.4) is 0 Å². The number of hydrogen-bond acceptors (Lipinski definition) is 2. The van der Waals surface area contributed by atoms with Crippen molar-refractivity contribution in [1.82, 2.24) is 5.32 Å².